The van der Waals surface area contributed by atoms with E-state index in [9.17, 15) is 13.2 Å². The van der Waals surface area contributed by atoms with Crippen molar-refractivity contribution in [3.8, 4) is 0 Å². The molecule has 0 bridgehead atoms. The first-order valence-corrected chi connectivity index (χ1v) is 7.37. The van der Waals surface area contributed by atoms with Gasteiger partial charge in [-0.15, -0.1) is 0 Å². The van der Waals surface area contributed by atoms with Gasteiger partial charge in [0.05, 0.1) is 5.75 Å². The molecule has 0 aromatic heterocycles. The number of para-hydroxylation sites is 1. The zero-order chi connectivity index (χ0) is 14.7. The van der Waals surface area contributed by atoms with E-state index in [0.717, 1.165) is 0 Å². The molecule has 0 heterocycles. The number of benzene rings is 1. The minimum atomic E-state index is -3.66. The van der Waals surface area contributed by atoms with Crippen molar-refractivity contribution in [3.05, 3.63) is 29.8 Å². The van der Waals surface area contributed by atoms with Crippen LogP contribution in [0.15, 0.2) is 24.3 Å². The molecule has 0 aliphatic rings. The van der Waals surface area contributed by atoms with E-state index in [1.54, 1.807) is 45.0 Å². The van der Waals surface area contributed by atoms with Crippen LogP contribution in [-0.4, -0.2) is 20.1 Å². The summed E-state index contributed by atoms with van der Waals surface area (Å²) in [5.74, 6) is -0.348. The summed E-state index contributed by atoms with van der Waals surface area (Å²) in [6.45, 7) is 5.22. The molecule has 0 saturated carbocycles. The molecule has 1 rings (SSSR count). The molecule has 0 saturated heterocycles. The van der Waals surface area contributed by atoms with E-state index in [2.05, 4.69) is 5.32 Å². The van der Waals surface area contributed by atoms with E-state index in [0.29, 0.717) is 11.3 Å². The van der Waals surface area contributed by atoms with Crippen molar-refractivity contribution in [3.63, 3.8) is 0 Å². The van der Waals surface area contributed by atoms with Gasteiger partial charge in [0.2, 0.25) is 10.0 Å². The van der Waals surface area contributed by atoms with Gasteiger partial charge in [-0.2, -0.15) is 0 Å². The topological polar surface area (TPSA) is 98.5 Å². The first kappa shape index (κ1) is 15.5. The highest BCUT2D eigenvalue weighted by Gasteiger charge is 2.17. The van der Waals surface area contributed by atoms with E-state index in [-0.39, 0.29) is 5.75 Å². The molecule has 0 aliphatic carbocycles. The molecule has 6 nitrogen and oxygen atoms in total. The Hall–Kier alpha value is -1.60. The fourth-order valence-corrected chi connectivity index (χ4v) is 2.08. The Morgan fingerprint density at radius 2 is 1.89 bits per heavy atom. The molecule has 0 radical (unpaired) electrons. The summed E-state index contributed by atoms with van der Waals surface area (Å²) in [6, 6.07) is 6.52. The highest BCUT2D eigenvalue weighted by Crippen LogP contribution is 2.18. The molecular formula is C12H18N2O4S. The van der Waals surface area contributed by atoms with Gasteiger partial charge in [-0.05, 0) is 32.4 Å². The number of amides is 1. The van der Waals surface area contributed by atoms with Crippen LogP contribution in [0, 0.1) is 0 Å². The summed E-state index contributed by atoms with van der Waals surface area (Å²) in [5.41, 5.74) is 0.153. The monoisotopic (exact) mass is 286 g/mol. The van der Waals surface area contributed by atoms with E-state index in [1.807, 2.05) is 0 Å². The number of sulfonamides is 1. The predicted molar refractivity (Wildman–Crippen MR) is 73.1 cm³/mol. The average Bonchev–Trinajstić information content (AvgIpc) is 2.15. The number of hydrogen-bond acceptors (Lipinski definition) is 4. The van der Waals surface area contributed by atoms with Crippen LogP contribution in [0.3, 0.4) is 0 Å². The summed E-state index contributed by atoms with van der Waals surface area (Å²) in [6.07, 6.45) is -0.644. The van der Waals surface area contributed by atoms with Gasteiger partial charge in [0.15, 0.2) is 0 Å². The van der Waals surface area contributed by atoms with Crippen molar-refractivity contribution in [1.29, 1.82) is 0 Å². The maximum atomic E-state index is 11.6. The van der Waals surface area contributed by atoms with Crippen molar-refractivity contribution in [2.75, 3.05) is 5.32 Å². The zero-order valence-electron chi connectivity index (χ0n) is 11.1. The number of anilines is 1. The van der Waals surface area contributed by atoms with Crippen LogP contribution >= 0.6 is 0 Å². The number of hydrogen-bond donors (Lipinski definition) is 2. The maximum absolute atomic E-state index is 11.6. The molecular weight excluding hydrogens is 268 g/mol. The fourth-order valence-electron chi connectivity index (χ4n) is 1.40. The summed E-state index contributed by atoms with van der Waals surface area (Å²) in [4.78, 5) is 11.6. The van der Waals surface area contributed by atoms with E-state index in [1.165, 1.54) is 0 Å². The van der Waals surface area contributed by atoms with Crippen LogP contribution in [0.4, 0.5) is 10.5 Å². The number of nitrogens with two attached hydrogens (primary N) is 1. The van der Waals surface area contributed by atoms with Crippen molar-refractivity contribution in [2.24, 2.45) is 5.14 Å². The summed E-state index contributed by atoms with van der Waals surface area (Å²) < 4.78 is 27.3. The Bertz CT molecular complexity index is 561. The lowest BCUT2D eigenvalue weighted by Gasteiger charge is -2.20. The molecule has 0 aliphatic heterocycles. The number of primary sulfonamides is 1. The zero-order valence-corrected chi connectivity index (χ0v) is 12.0. The van der Waals surface area contributed by atoms with Crippen LogP contribution in [0.5, 0.6) is 0 Å². The van der Waals surface area contributed by atoms with Crippen molar-refractivity contribution in [1.82, 2.24) is 0 Å². The van der Waals surface area contributed by atoms with Gasteiger partial charge in [-0.1, -0.05) is 18.2 Å². The Labute approximate surface area is 113 Å². The third kappa shape index (κ3) is 6.21. The summed E-state index contributed by atoms with van der Waals surface area (Å²) in [5, 5.41) is 7.51. The SMILES string of the molecule is CC(C)(C)OC(=O)Nc1ccccc1CS(N)(=O)=O. The van der Waals surface area contributed by atoms with Gasteiger partial charge in [-0.25, -0.2) is 18.4 Å². The molecule has 0 unspecified atom stereocenters. The Morgan fingerprint density at radius 3 is 2.42 bits per heavy atom. The highest BCUT2D eigenvalue weighted by atomic mass is 32.2. The highest BCUT2D eigenvalue weighted by molar-refractivity contribution is 7.88. The van der Waals surface area contributed by atoms with Gasteiger partial charge in [0, 0.05) is 5.69 Å². The molecule has 3 N–H and O–H groups in total. The second-order valence-corrected chi connectivity index (χ2v) is 6.71. The quantitative estimate of drug-likeness (QED) is 0.885. The molecule has 19 heavy (non-hydrogen) atoms. The minimum absolute atomic E-state index is 0.348. The number of ether oxygens (including phenoxy) is 1. The van der Waals surface area contributed by atoms with Gasteiger partial charge >= 0.3 is 6.09 Å². The Morgan fingerprint density at radius 1 is 1.32 bits per heavy atom. The van der Waals surface area contributed by atoms with Crippen LogP contribution in [0.2, 0.25) is 0 Å². The summed E-state index contributed by atoms with van der Waals surface area (Å²) >= 11 is 0. The van der Waals surface area contributed by atoms with Crippen LogP contribution in [0.25, 0.3) is 0 Å². The lowest BCUT2D eigenvalue weighted by Crippen LogP contribution is -2.27. The molecule has 0 fully saturated rings. The largest absolute Gasteiger partial charge is 0.444 e. The first-order valence-electron chi connectivity index (χ1n) is 5.65. The fraction of sp³-hybridized carbons (Fsp3) is 0.417. The number of carbonyl (C=O) groups is 1. The van der Waals surface area contributed by atoms with E-state index < -0.39 is 21.7 Å². The third-order valence-electron chi connectivity index (χ3n) is 2.01. The number of rotatable bonds is 3. The second-order valence-electron chi connectivity index (χ2n) is 5.09. The van der Waals surface area contributed by atoms with Gasteiger partial charge in [0.1, 0.15) is 5.60 Å². The molecule has 106 valence electrons. The summed E-state index contributed by atoms with van der Waals surface area (Å²) in [7, 11) is -3.66. The molecule has 0 atom stereocenters. The standard InChI is InChI=1S/C12H18N2O4S/c1-12(2,3)18-11(15)14-10-7-5-4-6-9(10)8-19(13,16)17/h4-7H,8H2,1-3H3,(H,14,15)(H2,13,16,17). The maximum Gasteiger partial charge on any atom is 0.412 e. The smallest absolute Gasteiger partial charge is 0.412 e. The third-order valence-corrected chi connectivity index (χ3v) is 2.72. The first-order chi connectivity index (χ1) is 8.57. The lowest BCUT2D eigenvalue weighted by molar-refractivity contribution is 0.0636. The molecule has 7 heteroatoms. The predicted octanol–water partition coefficient (Wildman–Crippen LogP) is 1.82. The van der Waals surface area contributed by atoms with Crippen molar-refractivity contribution in [2.45, 2.75) is 32.1 Å². The number of nitrogens with one attached hydrogen (secondary N) is 1. The lowest BCUT2D eigenvalue weighted by atomic mass is 10.2. The molecule has 1 aromatic rings. The minimum Gasteiger partial charge on any atom is -0.444 e. The van der Waals surface area contributed by atoms with Crippen molar-refractivity contribution >= 4 is 21.8 Å². The molecule has 1 aromatic carbocycles. The average molecular weight is 286 g/mol. The Kier molecular flexibility index (Phi) is 4.54. The van der Waals surface area contributed by atoms with Crippen LogP contribution in [0.1, 0.15) is 26.3 Å². The van der Waals surface area contributed by atoms with E-state index >= 15 is 0 Å². The number of carbonyl (C=O) groups excluding carboxylic acids is 1. The van der Waals surface area contributed by atoms with Gasteiger partial charge in [-0.3, -0.25) is 5.32 Å². The van der Waals surface area contributed by atoms with Gasteiger partial charge in [0.25, 0.3) is 0 Å². The van der Waals surface area contributed by atoms with Crippen molar-refractivity contribution < 1.29 is 17.9 Å². The van der Waals surface area contributed by atoms with E-state index in [4.69, 9.17) is 9.88 Å². The Balaban J connectivity index is 2.87. The second kappa shape index (κ2) is 5.58. The van der Waals surface area contributed by atoms with Crippen LogP contribution < -0.4 is 10.5 Å². The van der Waals surface area contributed by atoms with Gasteiger partial charge < -0.3 is 4.74 Å². The molecule has 0 spiro atoms. The molecule has 1 amide bonds. The normalized spacial score (nSPS) is 12.0. The van der Waals surface area contributed by atoms with Crippen LogP contribution in [-0.2, 0) is 20.5 Å².